The molecule has 0 saturated carbocycles. The average Bonchev–Trinajstić information content (AvgIpc) is 2.51. The summed E-state index contributed by atoms with van der Waals surface area (Å²) in [5, 5.41) is 0.623. The maximum atomic E-state index is 12.6. The highest BCUT2D eigenvalue weighted by molar-refractivity contribution is 6.41. The number of rotatable bonds is 4. The molecular formula is C20H18Cl2O3. The van der Waals surface area contributed by atoms with Crippen LogP contribution in [0, 0.1) is 0 Å². The second kappa shape index (κ2) is 7.85. The van der Waals surface area contributed by atoms with Crippen molar-refractivity contribution in [3.8, 4) is 0 Å². The van der Waals surface area contributed by atoms with Gasteiger partial charge in [-0.1, -0.05) is 53.5 Å². The zero-order valence-corrected chi connectivity index (χ0v) is 15.7. The normalized spacial score (nSPS) is 11.6. The molecule has 0 aliphatic rings. The van der Waals surface area contributed by atoms with Gasteiger partial charge in [0.1, 0.15) is 5.60 Å². The highest BCUT2D eigenvalue weighted by Crippen LogP contribution is 2.27. The molecule has 5 heteroatoms. The minimum absolute atomic E-state index is 0.252. The number of benzene rings is 2. The molecule has 0 bridgehead atoms. The molecule has 0 unspecified atom stereocenters. The van der Waals surface area contributed by atoms with E-state index in [-0.39, 0.29) is 11.3 Å². The Kier molecular flexibility index (Phi) is 6.04. The van der Waals surface area contributed by atoms with Gasteiger partial charge in [0.05, 0.1) is 15.6 Å². The summed E-state index contributed by atoms with van der Waals surface area (Å²) in [6.45, 7) is 5.41. The lowest BCUT2D eigenvalue weighted by Crippen LogP contribution is -2.22. The molecule has 0 radical (unpaired) electrons. The van der Waals surface area contributed by atoms with Crippen LogP contribution < -0.4 is 0 Å². The number of hydrogen-bond donors (Lipinski definition) is 0. The van der Waals surface area contributed by atoms with Crippen LogP contribution in [0.25, 0.3) is 6.08 Å². The molecule has 0 N–H and O–H groups in total. The van der Waals surface area contributed by atoms with Crippen LogP contribution in [-0.2, 0) is 9.53 Å². The third-order valence-electron chi connectivity index (χ3n) is 3.18. The topological polar surface area (TPSA) is 43.4 Å². The Morgan fingerprint density at radius 2 is 1.52 bits per heavy atom. The van der Waals surface area contributed by atoms with Gasteiger partial charge in [-0.3, -0.25) is 4.79 Å². The molecule has 3 nitrogen and oxygen atoms in total. The molecule has 25 heavy (non-hydrogen) atoms. The van der Waals surface area contributed by atoms with Gasteiger partial charge in [-0.25, -0.2) is 4.79 Å². The second-order valence-electron chi connectivity index (χ2n) is 6.41. The molecule has 0 spiro atoms. The Bertz CT molecular complexity index is 796. The van der Waals surface area contributed by atoms with Crippen LogP contribution in [0.4, 0.5) is 0 Å². The Morgan fingerprint density at radius 3 is 2.04 bits per heavy atom. The van der Waals surface area contributed by atoms with Crippen LogP contribution in [0.5, 0.6) is 0 Å². The van der Waals surface area contributed by atoms with Crippen LogP contribution in [0.3, 0.4) is 0 Å². The molecule has 130 valence electrons. The first-order chi connectivity index (χ1) is 11.7. The van der Waals surface area contributed by atoms with Crippen molar-refractivity contribution in [3.05, 3.63) is 75.3 Å². The van der Waals surface area contributed by atoms with Crippen LogP contribution in [0.2, 0.25) is 10.0 Å². The minimum Gasteiger partial charge on any atom is -0.457 e. The van der Waals surface area contributed by atoms with Crippen molar-refractivity contribution < 1.29 is 14.3 Å². The molecule has 2 rings (SSSR count). The summed E-state index contributed by atoms with van der Waals surface area (Å²) in [7, 11) is 0. The van der Waals surface area contributed by atoms with Crippen molar-refractivity contribution in [2.75, 3.05) is 0 Å². The number of esters is 1. The average molecular weight is 377 g/mol. The fraction of sp³-hybridized carbons (Fsp3) is 0.200. The fourth-order valence-corrected chi connectivity index (χ4v) is 2.67. The maximum Gasteiger partial charge on any atom is 0.331 e. The van der Waals surface area contributed by atoms with Crippen LogP contribution in [0.1, 0.15) is 42.3 Å². The number of halogens is 2. The van der Waals surface area contributed by atoms with E-state index in [0.717, 1.165) is 5.56 Å². The smallest absolute Gasteiger partial charge is 0.331 e. The predicted octanol–water partition coefficient (Wildman–Crippen LogP) is 5.58. The lowest BCUT2D eigenvalue weighted by Gasteiger charge is -2.17. The van der Waals surface area contributed by atoms with Crippen LogP contribution in [-0.4, -0.2) is 17.4 Å². The number of hydrogen-bond acceptors (Lipinski definition) is 3. The summed E-state index contributed by atoms with van der Waals surface area (Å²) in [6.07, 6.45) is 2.98. The lowest BCUT2D eigenvalue weighted by molar-refractivity contribution is -0.148. The Labute approximate surface area is 157 Å². The monoisotopic (exact) mass is 376 g/mol. The summed E-state index contributed by atoms with van der Waals surface area (Å²) in [5.74, 6) is -0.672. The highest BCUT2D eigenvalue weighted by atomic mass is 35.5. The predicted molar refractivity (Wildman–Crippen MR) is 101 cm³/mol. The molecule has 2 aromatic carbocycles. The van der Waals surface area contributed by atoms with Crippen molar-refractivity contribution in [2.24, 2.45) is 0 Å². The van der Waals surface area contributed by atoms with Crippen LogP contribution >= 0.6 is 23.2 Å². The minimum atomic E-state index is -0.536. The van der Waals surface area contributed by atoms with Gasteiger partial charge in [0, 0.05) is 11.6 Å². The molecule has 0 aliphatic heterocycles. The summed E-state index contributed by atoms with van der Waals surface area (Å²) in [5.41, 5.74) is 0.978. The summed E-state index contributed by atoms with van der Waals surface area (Å²) >= 11 is 12.2. The summed E-state index contributed by atoms with van der Waals surface area (Å²) < 4.78 is 5.20. The molecule has 0 fully saturated rings. The van der Waals surface area contributed by atoms with E-state index in [1.807, 2.05) is 0 Å². The maximum absolute atomic E-state index is 12.6. The zero-order valence-electron chi connectivity index (χ0n) is 14.2. The summed E-state index contributed by atoms with van der Waals surface area (Å²) in [4.78, 5) is 24.2. The molecule has 0 heterocycles. The third kappa shape index (κ3) is 5.45. The van der Waals surface area contributed by atoms with Crippen molar-refractivity contribution in [2.45, 2.75) is 26.4 Å². The van der Waals surface area contributed by atoms with E-state index in [9.17, 15) is 9.59 Å². The van der Waals surface area contributed by atoms with Gasteiger partial charge in [-0.15, -0.1) is 0 Å². The molecule has 0 amide bonds. The largest absolute Gasteiger partial charge is 0.457 e. The van der Waals surface area contributed by atoms with E-state index in [1.165, 1.54) is 6.08 Å². The van der Waals surface area contributed by atoms with Gasteiger partial charge in [0.2, 0.25) is 0 Å². The standard InChI is InChI=1S/C20H18Cl2O3/c1-20(2,3)25-17(23)12-9-13-7-10-14(11-8-13)19(24)18-15(21)5-4-6-16(18)22/h4-12H,1-3H3. The van der Waals surface area contributed by atoms with Crippen molar-refractivity contribution in [1.29, 1.82) is 0 Å². The fourth-order valence-electron chi connectivity index (χ4n) is 2.10. The second-order valence-corrected chi connectivity index (χ2v) is 7.23. The van der Waals surface area contributed by atoms with Gasteiger partial charge >= 0.3 is 5.97 Å². The third-order valence-corrected chi connectivity index (χ3v) is 3.81. The van der Waals surface area contributed by atoms with E-state index >= 15 is 0 Å². The first kappa shape index (κ1) is 19.2. The van der Waals surface area contributed by atoms with E-state index in [4.69, 9.17) is 27.9 Å². The SMILES string of the molecule is CC(C)(C)OC(=O)C=Cc1ccc(C(=O)c2c(Cl)cccc2Cl)cc1. The van der Waals surface area contributed by atoms with E-state index in [2.05, 4.69) is 0 Å². The number of ketones is 1. The molecule has 0 aromatic heterocycles. The van der Waals surface area contributed by atoms with Gasteiger partial charge in [-0.05, 0) is 44.5 Å². The first-order valence-electron chi connectivity index (χ1n) is 7.67. The zero-order chi connectivity index (χ0) is 18.6. The molecular weight excluding hydrogens is 359 g/mol. The van der Waals surface area contributed by atoms with Gasteiger partial charge < -0.3 is 4.74 Å². The number of carbonyl (C=O) groups is 2. The van der Waals surface area contributed by atoms with E-state index in [1.54, 1.807) is 69.3 Å². The molecule has 0 atom stereocenters. The van der Waals surface area contributed by atoms with Crippen molar-refractivity contribution >= 4 is 41.0 Å². The Hall–Kier alpha value is -2.10. The summed E-state index contributed by atoms with van der Waals surface area (Å²) in [6, 6.07) is 11.7. The number of carbonyl (C=O) groups excluding carboxylic acids is 2. The Balaban J connectivity index is 2.15. The van der Waals surface area contributed by atoms with E-state index in [0.29, 0.717) is 15.6 Å². The highest BCUT2D eigenvalue weighted by Gasteiger charge is 2.16. The van der Waals surface area contributed by atoms with Crippen molar-refractivity contribution in [1.82, 2.24) is 0 Å². The van der Waals surface area contributed by atoms with Gasteiger partial charge in [0.15, 0.2) is 5.78 Å². The first-order valence-corrected chi connectivity index (χ1v) is 8.43. The van der Waals surface area contributed by atoms with Gasteiger partial charge in [-0.2, -0.15) is 0 Å². The number of ether oxygens (including phenoxy) is 1. The molecule has 0 aliphatic carbocycles. The van der Waals surface area contributed by atoms with Crippen LogP contribution in [0.15, 0.2) is 48.5 Å². The van der Waals surface area contributed by atoms with Gasteiger partial charge in [0.25, 0.3) is 0 Å². The van der Waals surface area contributed by atoms with E-state index < -0.39 is 11.6 Å². The van der Waals surface area contributed by atoms with Crippen molar-refractivity contribution in [3.63, 3.8) is 0 Å². The Morgan fingerprint density at radius 1 is 0.960 bits per heavy atom. The quantitative estimate of drug-likeness (QED) is 0.397. The molecule has 2 aromatic rings. The molecule has 0 saturated heterocycles. The lowest BCUT2D eigenvalue weighted by atomic mass is 10.0.